The number of halogens is 2. The Kier molecular flexibility index (Phi) is 8.27. The number of carbonyl (C=O) groups excluding carboxylic acids is 1. The first-order valence-corrected chi connectivity index (χ1v) is 15.8. The number of amides is 1. The lowest BCUT2D eigenvalue weighted by Crippen LogP contribution is -2.38. The predicted molar refractivity (Wildman–Crippen MR) is 165 cm³/mol. The maximum Gasteiger partial charge on any atom is 0.265 e. The Morgan fingerprint density at radius 2 is 2.00 bits per heavy atom. The predicted octanol–water partition coefficient (Wildman–Crippen LogP) is 6.20. The number of hydrogen-bond acceptors (Lipinski definition) is 8. The Hall–Kier alpha value is -3.72. The van der Waals surface area contributed by atoms with Gasteiger partial charge in [-0.05, 0) is 55.2 Å². The second-order valence-corrected chi connectivity index (χ2v) is 12.5. The number of pyridine rings is 2. The van der Waals surface area contributed by atoms with Crippen LogP contribution in [0.25, 0.3) is 22.2 Å². The van der Waals surface area contributed by atoms with Gasteiger partial charge in [0, 0.05) is 30.2 Å². The number of nitrogens with zero attached hydrogens (tertiary/aromatic N) is 7. The molecule has 5 heterocycles. The van der Waals surface area contributed by atoms with Crippen molar-refractivity contribution in [3.63, 3.8) is 0 Å². The monoisotopic (exact) mass is 619 g/mol. The van der Waals surface area contributed by atoms with E-state index < -0.39 is 5.82 Å². The lowest BCUT2D eigenvalue weighted by Gasteiger charge is -2.30. The molecule has 1 aromatic carbocycles. The van der Waals surface area contributed by atoms with Crippen molar-refractivity contribution in [3.8, 4) is 22.9 Å². The summed E-state index contributed by atoms with van der Waals surface area (Å²) < 4.78 is 24.8. The van der Waals surface area contributed by atoms with Crippen LogP contribution in [-0.2, 0) is 17.8 Å². The van der Waals surface area contributed by atoms with E-state index in [2.05, 4.69) is 35.5 Å². The molecule has 43 heavy (non-hydrogen) atoms. The van der Waals surface area contributed by atoms with Crippen molar-refractivity contribution in [2.24, 2.45) is 5.92 Å². The molecule has 222 valence electrons. The Morgan fingerprint density at radius 1 is 1.21 bits per heavy atom. The molecule has 1 fully saturated rings. The van der Waals surface area contributed by atoms with Gasteiger partial charge < -0.3 is 4.74 Å². The van der Waals surface area contributed by atoms with Crippen molar-refractivity contribution < 1.29 is 13.9 Å². The lowest BCUT2D eigenvalue weighted by atomic mass is 9.93. The van der Waals surface area contributed by atoms with Crippen LogP contribution in [0, 0.1) is 23.1 Å². The Labute approximate surface area is 258 Å². The second-order valence-electron chi connectivity index (χ2n) is 11.2. The van der Waals surface area contributed by atoms with E-state index in [1.165, 1.54) is 17.2 Å². The fraction of sp³-hybridized carbons (Fsp3) is 0.387. The smallest absolute Gasteiger partial charge is 0.265 e. The maximum atomic E-state index is 14.6. The summed E-state index contributed by atoms with van der Waals surface area (Å²) in [6, 6.07) is 9.29. The minimum atomic E-state index is -0.586. The molecule has 6 rings (SSSR count). The van der Waals surface area contributed by atoms with Crippen molar-refractivity contribution in [3.05, 3.63) is 64.5 Å². The molecule has 0 saturated carbocycles. The third kappa shape index (κ3) is 5.67. The Balaban J connectivity index is 1.44. The molecule has 12 heteroatoms. The van der Waals surface area contributed by atoms with Crippen molar-refractivity contribution in [2.45, 2.75) is 45.7 Å². The Morgan fingerprint density at radius 3 is 2.70 bits per heavy atom. The number of benzene rings is 1. The summed E-state index contributed by atoms with van der Waals surface area (Å²) in [7, 11) is 0. The van der Waals surface area contributed by atoms with E-state index in [4.69, 9.17) is 26.4 Å². The average molecular weight is 620 g/mol. The van der Waals surface area contributed by atoms with Crippen LogP contribution in [0.1, 0.15) is 49.7 Å². The van der Waals surface area contributed by atoms with E-state index in [9.17, 15) is 14.4 Å². The molecule has 4 aromatic rings. The zero-order chi connectivity index (χ0) is 30.2. The molecule has 0 spiro atoms. The number of rotatable bonds is 7. The second kappa shape index (κ2) is 12.1. The van der Waals surface area contributed by atoms with E-state index in [0.29, 0.717) is 29.3 Å². The van der Waals surface area contributed by atoms with E-state index >= 15 is 0 Å². The molecule has 1 amide bonds. The van der Waals surface area contributed by atoms with E-state index in [1.807, 2.05) is 23.0 Å². The molecule has 2 aliphatic heterocycles. The summed E-state index contributed by atoms with van der Waals surface area (Å²) in [5.74, 6) is -0.146. The number of anilines is 1. The Bertz CT molecular complexity index is 1750. The van der Waals surface area contributed by atoms with Crippen LogP contribution in [0.5, 0.6) is 5.75 Å². The minimum absolute atomic E-state index is 0.0683. The van der Waals surface area contributed by atoms with Gasteiger partial charge >= 0.3 is 0 Å². The molecule has 0 aliphatic carbocycles. The lowest BCUT2D eigenvalue weighted by molar-refractivity contribution is -0.121. The van der Waals surface area contributed by atoms with E-state index in [0.717, 1.165) is 53.8 Å². The van der Waals surface area contributed by atoms with Crippen molar-refractivity contribution in [1.29, 1.82) is 5.26 Å². The summed E-state index contributed by atoms with van der Waals surface area (Å²) in [6.07, 6.45) is 7.84. The highest BCUT2D eigenvalue weighted by Crippen LogP contribution is 2.41. The molecule has 0 unspecified atom stereocenters. The molecule has 2 aliphatic rings. The number of hydrogen-bond donors (Lipinski definition) is 0. The first-order chi connectivity index (χ1) is 20.8. The van der Waals surface area contributed by atoms with Crippen LogP contribution >= 0.6 is 23.5 Å². The molecule has 1 saturated heterocycles. The standard InChI is InChI=1S/C31H31ClFN7O2S/c1-18(2)10-25-22(13-34)30(23-15-36-40(31(23)37-25)21-6-8-38(43-3)9-7-21)19-4-5-27-28(11-19)42-17-29(41)39(27)16-26-24(33)12-20(32)14-35-26/h4-5,11-12,14-15,18,21H,6-10,16-17H2,1-3H3. The molecule has 9 nitrogen and oxygen atoms in total. The molecular formula is C31H31ClFN7O2S. The summed E-state index contributed by atoms with van der Waals surface area (Å²) in [6.45, 7) is 5.90. The summed E-state index contributed by atoms with van der Waals surface area (Å²) in [4.78, 5) is 23.5. The maximum absolute atomic E-state index is 14.6. The first kappa shape index (κ1) is 29.4. The van der Waals surface area contributed by atoms with Crippen LogP contribution in [0.3, 0.4) is 0 Å². The van der Waals surface area contributed by atoms with Gasteiger partial charge in [0.1, 0.15) is 17.6 Å². The fourth-order valence-corrected chi connectivity index (χ4v) is 6.56. The highest BCUT2D eigenvalue weighted by atomic mass is 35.5. The van der Waals surface area contributed by atoms with Gasteiger partial charge in [0.2, 0.25) is 0 Å². The van der Waals surface area contributed by atoms with Crippen molar-refractivity contribution in [2.75, 3.05) is 30.9 Å². The quantitative estimate of drug-likeness (QED) is 0.226. The highest BCUT2D eigenvalue weighted by molar-refractivity contribution is 7.96. The fourth-order valence-electron chi connectivity index (χ4n) is 5.84. The van der Waals surface area contributed by atoms with Crippen LogP contribution < -0.4 is 9.64 Å². The van der Waals surface area contributed by atoms with E-state index in [-0.39, 0.29) is 35.8 Å². The van der Waals surface area contributed by atoms with Crippen LogP contribution in [0.4, 0.5) is 10.1 Å². The van der Waals surface area contributed by atoms with Gasteiger partial charge in [-0.15, -0.1) is 0 Å². The zero-order valence-electron chi connectivity index (χ0n) is 24.2. The first-order valence-electron chi connectivity index (χ1n) is 14.2. The van der Waals surface area contributed by atoms with Gasteiger partial charge in [0.15, 0.2) is 12.3 Å². The number of fused-ring (bicyclic) bond motifs is 2. The molecule has 0 bridgehead atoms. The molecule has 0 atom stereocenters. The topological polar surface area (TPSA) is 100 Å². The highest BCUT2D eigenvalue weighted by Gasteiger charge is 2.30. The number of aromatic nitrogens is 4. The van der Waals surface area contributed by atoms with Crippen molar-refractivity contribution in [1.82, 2.24) is 24.1 Å². The van der Waals surface area contributed by atoms with Gasteiger partial charge in [0.05, 0.1) is 46.4 Å². The normalized spacial score (nSPS) is 16.0. The summed E-state index contributed by atoms with van der Waals surface area (Å²) in [5, 5.41) is 16.2. The largest absolute Gasteiger partial charge is 0.482 e. The van der Waals surface area contributed by atoms with Gasteiger partial charge in [-0.25, -0.2) is 14.1 Å². The summed E-state index contributed by atoms with van der Waals surface area (Å²) >= 11 is 7.63. The van der Waals surface area contributed by atoms with Gasteiger partial charge in [-0.2, -0.15) is 10.4 Å². The third-order valence-corrected chi connectivity index (χ3v) is 9.03. The molecule has 0 N–H and O–H groups in total. The molecular weight excluding hydrogens is 589 g/mol. The molecule has 3 aromatic heterocycles. The SMILES string of the molecule is CSN1CCC(n2ncc3c(-c4ccc5c(c4)OCC(=O)N5Cc4ncc(Cl)cc4F)c(C#N)c(CC(C)C)nc32)CC1. The van der Waals surface area contributed by atoms with Gasteiger partial charge in [0.25, 0.3) is 5.91 Å². The minimum Gasteiger partial charge on any atom is -0.482 e. The third-order valence-electron chi connectivity index (χ3n) is 7.94. The summed E-state index contributed by atoms with van der Waals surface area (Å²) in [5.41, 5.74) is 4.12. The van der Waals surface area contributed by atoms with Crippen molar-refractivity contribution >= 4 is 46.2 Å². The zero-order valence-corrected chi connectivity index (χ0v) is 25.8. The van der Waals surface area contributed by atoms with Gasteiger partial charge in [-0.3, -0.25) is 19.0 Å². The number of piperidine rings is 1. The van der Waals surface area contributed by atoms with Gasteiger partial charge in [-0.1, -0.05) is 43.5 Å². The van der Waals surface area contributed by atoms with E-state index in [1.54, 1.807) is 18.0 Å². The number of carbonyl (C=O) groups is 1. The number of nitriles is 1. The van der Waals surface area contributed by atoms with Crippen LogP contribution in [-0.4, -0.2) is 55.9 Å². The average Bonchev–Trinajstić information content (AvgIpc) is 3.42. The number of ether oxygens (including phenoxy) is 1. The molecule has 0 radical (unpaired) electrons. The van der Waals surface area contributed by atoms with Crippen LogP contribution in [0.2, 0.25) is 5.02 Å². The van der Waals surface area contributed by atoms with Crippen LogP contribution in [0.15, 0.2) is 36.7 Å².